The molecule has 1 aromatic rings. The first-order valence-corrected chi connectivity index (χ1v) is 5.16. The predicted molar refractivity (Wildman–Crippen MR) is 66.4 cm³/mol. The van der Waals surface area contributed by atoms with Crippen molar-refractivity contribution in [2.75, 3.05) is 0 Å². The van der Waals surface area contributed by atoms with Gasteiger partial charge in [0, 0.05) is 6.21 Å². The van der Waals surface area contributed by atoms with Crippen LogP contribution in [0.15, 0.2) is 46.6 Å². The number of nitrogens with one attached hydrogen (secondary N) is 1. The minimum Gasteiger partial charge on any atom is -0.308 e. The highest BCUT2D eigenvalue weighted by atomic mass is 127. The quantitative estimate of drug-likeness (QED) is 0.497. The summed E-state index contributed by atoms with van der Waals surface area (Å²) in [4.78, 5) is 0. The third-order valence-electron chi connectivity index (χ3n) is 1.61. The van der Waals surface area contributed by atoms with Crippen LogP contribution in [0.5, 0.6) is 0 Å². The molecule has 0 aliphatic rings. The van der Waals surface area contributed by atoms with Gasteiger partial charge in [-0.2, -0.15) is 0 Å². The Labute approximate surface area is 91.8 Å². The maximum Gasteiger partial charge on any atom is 0.0256 e. The molecule has 0 atom stereocenters. The molecular formula is C11H10IN. The van der Waals surface area contributed by atoms with Gasteiger partial charge in [-0.3, -0.25) is 0 Å². The molecule has 0 bridgehead atoms. The summed E-state index contributed by atoms with van der Waals surface area (Å²) < 4.78 is 1.92. The minimum absolute atomic E-state index is 0.925. The molecule has 1 nitrogen and oxygen atoms in total. The number of rotatable bonds is 3. The topological polar surface area (TPSA) is 23.9 Å². The van der Waals surface area contributed by atoms with Crippen molar-refractivity contribution < 1.29 is 0 Å². The van der Waals surface area contributed by atoms with Gasteiger partial charge in [0.2, 0.25) is 0 Å². The van der Waals surface area contributed by atoms with E-state index in [-0.39, 0.29) is 0 Å². The van der Waals surface area contributed by atoms with E-state index in [4.69, 9.17) is 5.41 Å². The Morgan fingerprint density at radius 1 is 1.23 bits per heavy atom. The van der Waals surface area contributed by atoms with Gasteiger partial charge in [0.1, 0.15) is 0 Å². The summed E-state index contributed by atoms with van der Waals surface area (Å²) in [6, 6.07) is 9.91. The summed E-state index contributed by atoms with van der Waals surface area (Å²) >= 11 is 2.16. The minimum atomic E-state index is 0.925. The Balaban J connectivity index is 2.98. The number of allylic oxidation sites excluding steroid dienone is 3. The second kappa shape index (κ2) is 5.70. The molecule has 0 saturated carbocycles. The highest BCUT2D eigenvalue weighted by Gasteiger charge is 1.93. The van der Waals surface area contributed by atoms with E-state index in [0.717, 1.165) is 11.1 Å². The predicted octanol–water partition coefficient (Wildman–Crippen LogP) is 3.67. The van der Waals surface area contributed by atoms with Crippen molar-refractivity contribution in [1.29, 1.82) is 5.41 Å². The van der Waals surface area contributed by atoms with Gasteiger partial charge in [0.15, 0.2) is 0 Å². The van der Waals surface area contributed by atoms with Crippen LogP contribution in [0.25, 0.3) is 5.57 Å². The van der Waals surface area contributed by atoms with Crippen molar-refractivity contribution in [2.45, 2.75) is 0 Å². The van der Waals surface area contributed by atoms with Gasteiger partial charge >= 0.3 is 0 Å². The average molecular weight is 283 g/mol. The van der Waals surface area contributed by atoms with Crippen molar-refractivity contribution in [2.24, 2.45) is 0 Å². The molecule has 0 aliphatic carbocycles. The molecule has 1 N–H and O–H groups in total. The van der Waals surface area contributed by atoms with Gasteiger partial charge in [0.05, 0.1) is 0 Å². The van der Waals surface area contributed by atoms with Crippen molar-refractivity contribution in [3.63, 3.8) is 0 Å². The lowest BCUT2D eigenvalue weighted by Gasteiger charge is -1.98. The van der Waals surface area contributed by atoms with Crippen molar-refractivity contribution in [1.82, 2.24) is 0 Å². The molecule has 1 rings (SSSR count). The van der Waals surface area contributed by atoms with E-state index in [1.165, 1.54) is 6.21 Å². The van der Waals surface area contributed by atoms with Crippen LogP contribution in [0.2, 0.25) is 0 Å². The summed E-state index contributed by atoms with van der Waals surface area (Å²) in [6.07, 6.45) is 5.22. The van der Waals surface area contributed by atoms with Gasteiger partial charge in [-0.25, -0.2) is 0 Å². The lowest BCUT2D eigenvalue weighted by Crippen LogP contribution is -1.82. The van der Waals surface area contributed by atoms with Crippen LogP contribution in [0.3, 0.4) is 0 Å². The molecule has 0 spiro atoms. The van der Waals surface area contributed by atoms with Gasteiger partial charge in [0.25, 0.3) is 0 Å². The fraction of sp³-hybridized carbons (Fsp3) is 0. The van der Waals surface area contributed by atoms with Gasteiger partial charge in [-0.1, -0.05) is 65.1 Å². The van der Waals surface area contributed by atoms with Crippen LogP contribution >= 0.6 is 22.6 Å². The van der Waals surface area contributed by atoms with Crippen LogP contribution in [-0.2, 0) is 0 Å². The van der Waals surface area contributed by atoms with Crippen molar-refractivity contribution in [3.8, 4) is 0 Å². The first kappa shape index (κ1) is 10.2. The number of benzene rings is 1. The van der Waals surface area contributed by atoms with E-state index in [1.807, 2.05) is 46.6 Å². The largest absolute Gasteiger partial charge is 0.308 e. The fourth-order valence-electron chi connectivity index (χ4n) is 0.998. The first-order valence-electron chi connectivity index (χ1n) is 3.91. The van der Waals surface area contributed by atoms with E-state index >= 15 is 0 Å². The Hall–Kier alpha value is -0.900. The smallest absolute Gasteiger partial charge is 0.0256 e. The molecule has 13 heavy (non-hydrogen) atoms. The normalized spacial score (nSPS) is 11.9. The monoisotopic (exact) mass is 283 g/mol. The molecule has 0 heterocycles. The molecule has 0 fully saturated rings. The van der Waals surface area contributed by atoms with Crippen LogP contribution in [-0.4, -0.2) is 6.21 Å². The standard InChI is InChI=1S/C11H10IN/c12-8-4-7-11(9-13)10-5-2-1-3-6-10/h1-9,13H/b8-4-,11-7+,13-9?. The van der Waals surface area contributed by atoms with Gasteiger partial charge < -0.3 is 5.41 Å². The third kappa shape index (κ3) is 3.14. The summed E-state index contributed by atoms with van der Waals surface area (Å²) in [5.74, 6) is 0. The van der Waals surface area contributed by atoms with Crippen molar-refractivity contribution >= 4 is 34.4 Å². The Kier molecular flexibility index (Phi) is 4.46. The molecule has 0 unspecified atom stereocenters. The third-order valence-corrected chi connectivity index (χ3v) is 2.03. The summed E-state index contributed by atoms with van der Waals surface area (Å²) in [7, 11) is 0. The zero-order chi connectivity index (χ0) is 9.52. The molecule has 0 radical (unpaired) electrons. The zero-order valence-corrected chi connectivity index (χ0v) is 9.23. The zero-order valence-electron chi connectivity index (χ0n) is 7.07. The second-order valence-corrected chi connectivity index (χ2v) is 3.17. The molecule has 0 aliphatic heterocycles. The first-order chi connectivity index (χ1) is 6.38. The van der Waals surface area contributed by atoms with Crippen LogP contribution in [0.4, 0.5) is 0 Å². The van der Waals surface area contributed by atoms with Gasteiger partial charge in [-0.15, -0.1) is 0 Å². The number of hydrogen-bond donors (Lipinski definition) is 1. The molecule has 0 aromatic heterocycles. The Morgan fingerprint density at radius 3 is 2.46 bits per heavy atom. The maximum atomic E-state index is 7.25. The fourth-order valence-corrected chi connectivity index (χ4v) is 1.21. The molecule has 66 valence electrons. The maximum absolute atomic E-state index is 7.25. The SMILES string of the molecule is N=C/C(=C\C=C/I)c1ccccc1. The number of hydrogen-bond acceptors (Lipinski definition) is 1. The lowest BCUT2D eigenvalue weighted by atomic mass is 10.1. The summed E-state index contributed by atoms with van der Waals surface area (Å²) in [5, 5.41) is 7.25. The molecule has 0 amide bonds. The molecule has 1 aromatic carbocycles. The molecule has 0 saturated heterocycles. The highest BCUT2D eigenvalue weighted by molar-refractivity contribution is 14.1. The Morgan fingerprint density at radius 2 is 1.92 bits per heavy atom. The Bertz CT molecular complexity index is 325. The second-order valence-electron chi connectivity index (χ2n) is 2.45. The van der Waals surface area contributed by atoms with E-state index < -0.39 is 0 Å². The highest BCUT2D eigenvalue weighted by Crippen LogP contribution is 2.11. The van der Waals surface area contributed by atoms with Crippen molar-refractivity contribution in [3.05, 3.63) is 52.1 Å². The average Bonchev–Trinajstić information content (AvgIpc) is 2.21. The van der Waals surface area contributed by atoms with Gasteiger partial charge in [-0.05, 0) is 15.2 Å². The molecular weight excluding hydrogens is 273 g/mol. The number of halogens is 1. The van der Waals surface area contributed by atoms with E-state index in [2.05, 4.69) is 22.6 Å². The summed E-state index contributed by atoms with van der Waals surface area (Å²) in [5.41, 5.74) is 2.00. The van der Waals surface area contributed by atoms with E-state index in [1.54, 1.807) is 0 Å². The van der Waals surface area contributed by atoms with E-state index in [9.17, 15) is 0 Å². The van der Waals surface area contributed by atoms with Crippen LogP contribution in [0, 0.1) is 5.41 Å². The summed E-state index contributed by atoms with van der Waals surface area (Å²) in [6.45, 7) is 0. The van der Waals surface area contributed by atoms with Crippen LogP contribution < -0.4 is 0 Å². The van der Waals surface area contributed by atoms with E-state index in [0.29, 0.717) is 0 Å². The van der Waals surface area contributed by atoms with Crippen LogP contribution in [0.1, 0.15) is 5.56 Å². The molecule has 2 heteroatoms. The lowest BCUT2D eigenvalue weighted by molar-refractivity contribution is 1.56.